The predicted octanol–water partition coefficient (Wildman–Crippen LogP) is 2.32. The molecular weight excluding hydrogens is 306 g/mol. The summed E-state index contributed by atoms with van der Waals surface area (Å²) in [5.74, 6) is -0.0929. The first-order valence-corrected chi connectivity index (χ1v) is 8.24. The summed E-state index contributed by atoms with van der Waals surface area (Å²) in [6.07, 6.45) is 2.01. The van der Waals surface area contributed by atoms with Crippen molar-refractivity contribution in [3.63, 3.8) is 0 Å². The quantitative estimate of drug-likeness (QED) is 0.904. The molecule has 0 spiro atoms. The third-order valence-electron chi connectivity index (χ3n) is 4.14. The number of aromatic amines is 1. The average Bonchev–Trinajstić information content (AvgIpc) is 3.14. The third kappa shape index (κ3) is 3.55. The van der Waals surface area contributed by atoms with Crippen molar-refractivity contribution in [3.05, 3.63) is 18.2 Å². The highest BCUT2D eigenvalue weighted by Gasteiger charge is 2.35. The van der Waals surface area contributed by atoms with E-state index in [1.807, 2.05) is 20.8 Å². The number of fused-ring (bicyclic) bond motifs is 1. The Morgan fingerprint density at radius 1 is 1.29 bits per heavy atom. The molecule has 1 aliphatic rings. The zero-order valence-corrected chi connectivity index (χ0v) is 14.3. The van der Waals surface area contributed by atoms with Crippen molar-refractivity contribution in [3.8, 4) is 0 Å². The van der Waals surface area contributed by atoms with Gasteiger partial charge in [-0.05, 0) is 36.5 Å². The second kappa shape index (κ2) is 6.22. The van der Waals surface area contributed by atoms with Crippen LogP contribution in [0.25, 0.3) is 11.0 Å². The second-order valence-electron chi connectivity index (χ2n) is 7.50. The van der Waals surface area contributed by atoms with Crippen LogP contribution in [-0.2, 0) is 9.59 Å². The summed E-state index contributed by atoms with van der Waals surface area (Å²) in [6.45, 7) is 6.74. The lowest BCUT2D eigenvalue weighted by atomic mass is 9.91. The van der Waals surface area contributed by atoms with Crippen LogP contribution in [0, 0.1) is 5.41 Å². The van der Waals surface area contributed by atoms with Crippen molar-refractivity contribution >= 4 is 28.5 Å². The van der Waals surface area contributed by atoms with Gasteiger partial charge in [0.1, 0.15) is 17.1 Å². The van der Waals surface area contributed by atoms with Crippen LogP contribution in [0.15, 0.2) is 18.2 Å². The number of carbonyl (C=O) groups is 2. The lowest BCUT2D eigenvalue weighted by Crippen LogP contribution is -2.44. The molecule has 7 nitrogen and oxygen atoms in total. The molecule has 0 bridgehead atoms. The molecule has 1 aromatic carbocycles. The maximum atomic E-state index is 12.6. The van der Waals surface area contributed by atoms with E-state index in [1.54, 1.807) is 23.1 Å². The van der Waals surface area contributed by atoms with E-state index in [1.165, 1.54) is 0 Å². The number of benzene rings is 1. The molecule has 1 unspecified atom stereocenters. The molecule has 7 heteroatoms. The minimum atomic E-state index is -0.396. The van der Waals surface area contributed by atoms with Crippen LogP contribution in [0.3, 0.4) is 0 Å². The van der Waals surface area contributed by atoms with Gasteiger partial charge in [-0.3, -0.25) is 9.59 Å². The Kier molecular flexibility index (Phi) is 4.26. The van der Waals surface area contributed by atoms with Crippen LogP contribution in [0.2, 0.25) is 0 Å². The summed E-state index contributed by atoms with van der Waals surface area (Å²) in [7, 11) is 0. The number of hydrogen-bond acceptors (Lipinski definition) is 4. The molecule has 24 heavy (non-hydrogen) atoms. The molecule has 0 radical (unpaired) electrons. The predicted molar refractivity (Wildman–Crippen MR) is 91.3 cm³/mol. The highest BCUT2D eigenvalue weighted by molar-refractivity contribution is 5.98. The molecule has 1 fully saturated rings. The third-order valence-corrected chi connectivity index (χ3v) is 4.14. The average molecular weight is 329 g/mol. The van der Waals surface area contributed by atoms with E-state index >= 15 is 0 Å². The van der Waals surface area contributed by atoms with Gasteiger partial charge in [0.2, 0.25) is 11.8 Å². The SMILES string of the molecule is CC(C)(C)CC(=O)N1CCCC1C(=O)Nc1ccc2n[nH]nc2c1. The number of amides is 2. The zero-order chi connectivity index (χ0) is 17.3. The fourth-order valence-electron chi connectivity index (χ4n) is 3.04. The minimum Gasteiger partial charge on any atom is -0.331 e. The Balaban J connectivity index is 1.70. The molecule has 0 saturated carbocycles. The molecule has 2 amide bonds. The number of nitrogens with one attached hydrogen (secondary N) is 2. The summed E-state index contributed by atoms with van der Waals surface area (Å²) in [6, 6.07) is 4.96. The maximum Gasteiger partial charge on any atom is 0.247 e. The standard InChI is InChI=1S/C17H23N5O2/c1-17(2,3)10-15(23)22-8-4-5-14(22)16(24)18-11-6-7-12-13(9-11)20-21-19-12/h6-7,9,14H,4-5,8,10H2,1-3H3,(H,18,24)(H,19,20,21). The molecule has 1 saturated heterocycles. The van der Waals surface area contributed by atoms with Crippen molar-refractivity contribution in [2.24, 2.45) is 5.41 Å². The van der Waals surface area contributed by atoms with Crippen molar-refractivity contribution < 1.29 is 9.59 Å². The monoisotopic (exact) mass is 329 g/mol. The van der Waals surface area contributed by atoms with Gasteiger partial charge in [-0.1, -0.05) is 20.8 Å². The molecule has 128 valence electrons. The molecule has 0 aliphatic carbocycles. The normalized spacial score (nSPS) is 18.1. The van der Waals surface area contributed by atoms with E-state index in [-0.39, 0.29) is 17.2 Å². The Hall–Kier alpha value is -2.44. The van der Waals surface area contributed by atoms with Gasteiger partial charge in [0, 0.05) is 18.7 Å². The van der Waals surface area contributed by atoms with E-state index in [0.717, 1.165) is 11.9 Å². The van der Waals surface area contributed by atoms with Gasteiger partial charge in [-0.15, -0.1) is 0 Å². The molecule has 2 heterocycles. The Morgan fingerprint density at radius 2 is 2.04 bits per heavy atom. The summed E-state index contributed by atoms with van der Waals surface area (Å²) in [4.78, 5) is 26.8. The van der Waals surface area contributed by atoms with Crippen molar-refractivity contribution in [2.75, 3.05) is 11.9 Å². The summed E-state index contributed by atoms with van der Waals surface area (Å²) in [5.41, 5.74) is 2.02. The number of aromatic nitrogens is 3. The van der Waals surface area contributed by atoms with Crippen molar-refractivity contribution in [1.29, 1.82) is 0 Å². The molecule has 1 aliphatic heterocycles. The van der Waals surface area contributed by atoms with Crippen molar-refractivity contribution in [2.45, 2.75) is 46.1 Å². The number of carbonyl (C=O) groups excluding carboxylic acids is 2. The largest absolute Gasteiger partial charge is 0.331 e. The van der Waals surface area contributed by atoms with Gasteiger partial charge in [0.15, 0.2) is 0 Å². The smallest absolute Gasteiger partial charge is 0.247 e. The fraction of sp³-hybridized carbons (Fsp3) is 0.529. The number of likely N-dealkylation sites (tertiary alicyclic amines) is 1. The number of nitrogens with zero attached hydrogens (tertiary/aromatic N) is 3. The topological polar surface area (TPSA) is 91.0 Å². The minimum absolute atomic E-state index is 0.0482. The van der Waals surface area contributed by atoms with E-state index in [9.17, 15) is 9.59 Å². The zero-order valence-electron chi connectivity index (χ0n) is 14.3. The molecular formula is C17H23N5O2. The number of H-pyrrole nitrogens is 1. The van der Waals surface area contributed by atoms with Crippen LogP contribution >= 0.6 is 0 Å². The van der Waals surface area contributed by atoms with E-state index in [2.05, 4.69) is 20.7 Å². The summed E-state index contributed by atoms with van der Waals surface area (Å²) < 4.78 is 0. The highest BCUT2D eigenvalue weighted by atomic mass is 16.2. The lowest BCUT2D eigenvalue weighted by molar-refractivity contribution is -0.138. The molecule has 2 N–H and O–H groups in total. The summed E-state index contributed by atoms with van der Waals surface area (Å²) in [5, 5.41) is 13.5. The van der Waals surface area contributed by atoms with Gasteiger partial charge < -0.3 is 10.2 Å². The van der Waals surface area contributed by atoms with Gasteiger partial charge in [-0.25, -0.2) is 0 Å². The maximum absolute atomic E-state index is 12.6. The first kappa shape index (κ1) is 16.4. The Morgan fingerprint density at radius 3 is 2.79 bits per heavy atom. The number of anilines is 1. The second-order valence-corrected chi connectivity index (χ2v) is 7.50. The van der Waals surface area contributed by atoms with Gasteiger partial charge in [-0.2, -0.15) is 15.4 Å². The Labute approximate surface area is 140 Å². The molecule has 2 aromatic rings. The van der Waals surface area contributed by atoms with E-state index in [0.29, 0.717) is 30.6 Å². The van der Waals surface area contributed by atoms with Crippen LogP contribution < -0.4 is 5.32 Å². The molecule has 1 atom stereocenters. The Bertz CT molecular complexity index is 762. The van der Waals surface area contributed by atoms with E-state index < -0.39 is 6.04 Å². The van der Waals surface area contributed by atoms with Gasteiger partial charge >= 0.3 is 0 Å². The first-order valence-electron chi connectivity index (χ1n) is 8.24. The van der Waals surface area contributed by atoms with Crippen LogP contribution in [0.1, 0.15) is 40.0 Å². The van der Waals surface area contributed by atoms with Gasteiger partial charge in [0.05, 0.1) is 0 Å². The van der Waals surface area contributed by atoms with Crippen molar-refractivity contribution in [1.82, 2.24) is 20.3 Å². The first-order chi connectivity index (χ1) is 11.3. The fourth-order valence-corrected chi connectivity index (χ4v) is 3.04. The summed E-state index contributed by atoms with van der Waals surface area (Å²) >= 11 is 0. The molecule has 3 rings (SSSR count). The number of hydrogen-bond donors (Lipinski definition) is 2. The highest BCUT2D eigenvalue weighted by Crippen LogP contribution is 2.25. The van der Waals surface area contributed by atoms with Crippen LogP contribution in [0.4, 0.5) is 5.69 Å². The molecule has 1 aromatic heterocycles. The van der Waals surface area contributed by atoms with E-state index in [4.69, 9.17) is 0 Å². The van der Waals surface area contributed by atoms with Crippen LogP contribution in [-0.4, -0.2) is 44.7 Å². The van der Waals surface area contributed by atoms with Crippen LogP contribution in [0.5, 0.6) is 0 Å². The van der Waals surface area contributed by atoms with Gasteiger partial charge in [0.25, 0.3) is 0 Å². The lowest BCUT2D eigenvalue weighted by Gasteiger charge is -2.27. The number of rotatable bonds is 3.